The maximum Gasteiger partial charge on any atom is 0.325 e. The van der Waals surface area contributed by atoms with E-state index in [2.05, 4.69) is 53.2 Å². The number of nitrogens with one attached hydrogen (secondary N) is 10. The molecule has 36 heteroatoms. The van der Waals surface area contributed by atoms with Crippen molar-refractivity contribution in [3.8, 4) is 62.9 Å². The number of nitrogens with two attached hydrogens (primary N) is 2. The van der Waals surface area contributed by atoms with Gasteiger partial charge in [-0.1, -0.05) is 55.2 Å². The van der Waals surface area contributed by atoms with Gasteiger partial charge in [0, 0.05) is 35.5 Å². The van der Waals surface area contributed by atoms with E-state index in [1.807, 2.05) is 13.8 Å². The van der Waals surface area contributed by atoms with Gasteiger partial charge >= 0.3 is 6.03 Å². The van der Waals surface area contributed by atoms with Crippen LogP contribution in [0.15, 0.2) is 103 Å². The first-order valence-electron chi connectivity index (χ1n) is 36.7. The van der Waals surface area contributed by atoms with E-state index in [-0.39, 0.29) is 92.5 Å². The lowest BCUT2D eigenvalue weighted by Gasteiger charge is -2.54. The highest BCUT2D eigenvalue weighted by molar-refractivity contribution is 6.32. The summed E-state index contributed by atoms with van der Waals surface area (Å²) in [4.78, 5) is 137. The van der Waals surface area contributed by atoms with Crippen molar-refractivity contribution < 1.29 is 108 Å². The molecule has 1 saturated heterocycles. The number of aromatic hydroxyl groups is 3. The second-order valence-corrected chi connectivity index (χ2v) is 30.5. The van der Waals surface area contributed by atoms with Gasteiger partial charge in [-0.15, -0.1) is 0 Å². The molecule has 10 amide bonds. The van der Waals surface area contributed by atoms with E-state index in [1.165, 1.54) is 55.6 Å². The van der Waals surface area contributed by atoms with E-state index in [9.17, 15) is 55.2 Å². The Morgan fingerprint density at radius 2 is 1.23 bits per heavy atom. The Morgan fingerprint density at radius 3 is 1.84 bits per heavy atom. The first-order valence-corrected chi connectivity index (χ1v) is 37.5. The van der Waals surface area contributed by atoms with Crippen LogP contribution in [-0.2, 0) is 43.1 Å². The number of hydrogen-bond donors (Lipinski definition) is 20. The highest BCUT2D eigenvalue weighted by Crippen LogP contribution is 2.55. The molecule has 34 nitrogen and oxygen atoms in total. The SMILES string of the molecule is CN[C@H](CC(C)C)C(=O)N[C@H]1C(=O)N[C@@H](CC(=O)NC(=O)Nc2ccc(OCN)cc2)C(=O)N[C@H]2C(=O)N[C@H]3C(=O)N[C@H](C(=O)N[C@H](C(=O)NC4C5CC6CC(C5)CC4C6)c4cc(O)cc(O)c4-c4cc3ccc4O)[C@H](O)c3ccc(c(Cl)c3)Oc3cc2cc(c3O[C@@H]2O[C@H](CN)[C@@H](O)[C@H](O)[C@H]2O)Oc2ccc(cc2Cl)[C@H]1O. The zero-order chi connectivity index (χ0) is 80.7. The quantitative estimate of drug-likeness (QED) is 0.0657. The van der Waals surface area contributed by atoms with Crippen LogP contribution < -0.4 is 83.6 Å². The molecule has 16 rings (SSSR count). The number of imide groups is 1. The number of benzene rings is 6. The van der Waals surface area contributed by atoms with Crippen molar-refractivity contribution in [2.45, 2.75) is 150 Å². The minimum Gasteiger partial charge on any atom is -0.508 e. The zero-order valence-electron chi connectivity index (χ0n) is 60.9. The number of carbonyl (C=O) groups is 9. The summed E-state index contributed by atoms with van der Waals surface area (Å²) in [5.41, 5.74) is 9.44. The number of aliphatic hydroxyl groups is 5. The number of hydrogen-bond acceptors (Lipinski definition) is 25. The number of fused-ring (bicyclic) bond motifs is 15. The number of halogens is 2. The minimum atomic E-state index is -2.38. The highest BCUT2D eigenvalue weighted by atomic mass is 35.5. The molecule has 15 bridgehead atoms. The number of likely N-dealkylation sites (N-methyl/N-ethyl adjacent to an activating group) is 1. The van der Waals surface area contributed by atoms with Gasteiger partial charge in [0.25, 0.3) is 0 Å². The van der Waals surface area contributed by atoms with Crippen molar-refractivity contribution in [3.05, 3.63) is 141 Å². The molecule has 113 heavy (non-hydrogen) atoms. The zero-order valence-corrected chi connectivity index (χ0v) is 62.4. The Balaban J connectivity index is 0.995. The molecule has 5 fully saturated rings. The van der Waals surface area contributed by atoms with Gasteiger partial charge in [-0.2, -0.15) is 0 Å². The van der Waals surface area contributed by atoms with Crippen molar-refractivity contribution in [2.24, 2.45) is 41.1 Å². The van der Waals surface area contributed by atoms with Gasteiger partial charge in [-0.05, 0) is 182 Å². The predicted octanol–water partition coefficient (Wildman–Crippen LogP) is 2.85. The first-order chi connectivity index (χ1) is 53.9. The fourth-order valence-electron chi connectivity index (χ4n) is 16.2. The number of aliphatic hydroxyl groups excluding tert-OH is 5. The van der Waals surface area contributed by atoms with E-state index in [4.69, 9.17) is 58.4 Å². The van der Waals surface area contributed by atoms with E-state index >= 15 is 28.8 Å². The van der Waals surface area contributed by atoms with Crippen LogP contribution in [0.1, 0.15) is 117 Å². The third-order valence-electron chi connectivity index (χ3n) is 21.6. The minimum absolute atomic E-state index is 0.0684. The fourth-order valence-corrected chi connectivity index (χ4v) is 16.7. The second kappa shape index (κ2) is 33.6. The van der Waals surface area contributed by atoms with Gasteiger partial charge in [0.15, 0.2) is 11.5 Å². The average Bonchev–Trinajstić information content (AvgIpc) is 0.755. The number of phenolic OH excluding ortho intramolecular Hbond substituents is 3. The van der Waals surface area contributed by atoms with Crippen molar-refractivity contribution in [1.82, 2.24) is 47.9 Å². The van der Waals surface area contributed by atoms with Gasteiger partial charge in [-0.25, -0.2) is 4.79 Å². The Morgan fingerprint density at radius 1 is 0.619 bits per heavy atom. The molecule has 6 aliphatic heterocycles. The molecule has 0 radical (unpaired) electrons. The van der Waals surface area contributed by atoms with Crippen LogP contribution in [0.3, 0.4) is 0 Å². The number of carbonyl (C=O) groups excluding carboxylic acids is 9. The first kappa shape index (κ1) is 80.4. The summed E-state index contributed by atoms with van der Waals surface area (Å²) in [6, 6.07) is 4.52. The van der Waals surface area contributed by atoms with Crippen molar-refractivity contribution in [2.75, 3.05) is 25.6 Å². The predicted molar refractivity (Wildman–Crippen MR) is 400 cm³/mol. The molecule has 0 unspecified atom stereocenters. The summed E-state index contributed by atoms with van der Waals surface area (Å²) in [7, 11) is 1.47. The second-order valence-electron chi connectivity index (χ2n) is 29.7. The Labute approximate surface area is 655 Å². The summed E-state index contributed by atoms with van der Waals surface area (Å²) in [5, 5.41) is 120. The van der Waals surface area contributed by atoms with Crippen LogP contribution in [0, 0.1) is 29.6 Å². The monoisotopic (exact) mass is 1600 g/mol. The number of ether oxygens (including phenoxy) is 5. The van der Waals surface area contributed by atoms with Gasteiger partial charge in [0.2, 0.25) is 59.3 Å². The summed E-state index contributed by atoms with van der Waals surface area (Å²) >= 11 is 14.2. The lowest BCUT2D eigenvalue weighted by atomic mass is 9.54. The Hall–Kier alpha value is -10.6. The summed E-state index contributed by atoms with van der Waals surface area (Å²) in [6.07, 6.45) is -10.3. The van der Waals surface area contributed by atoms with Gasteiger partial charge in [-0.3, -0.25) is 49.4 Å². The normalized spacial score (nSPS) is 28.1. The van der Waals surface area contributed by atoms with Crippen molar-refractivity contribution in [1.29, 1.82) is 0 Å². The van der Waals surface area contributed by atoms with E-state index < -0.39 is 197 Å². The highest BCUT2D eigenvalue weighted by Gasteiger charge is 2.51. The van der Waals surface area contributed by atoms with Crippen LogP contribution in [0.5, 0.6) is 51.7 Å². The average molecular weight is 1600 g/mol. The number of amides is 10. The topological polar surface area (TPSA) is 534 Å². The van der Waals surface area contributed by atoms with Gasteiger partial charge in [0.1, 0.15) is 114 Å². The maximum absolute atomic E-state index is 16.4. The number of rotatable bonds is 15. The third kappa shape index (κ3) is 17.2. The van der Waals surface area contributed by atoms with Crippen molar-refractivity contribution >= 4 is 82.2 Å². The number of anilines is 1. The van der Waals surface area contributed by atoms with Crippen LogP contribution in [0.2, 0.25) is 10.0 Å². The summed E-state index contributed by atoms with van der Waals surface area (Å²) in [6.45, 7) is 2.99. The van der Waals surface area contributed by atoms with E-state index in [0.717, 1.165) is 86.7 Å². The van der Waals surface area contributed by atoms with Crippen LogP contribution >= 0.6 is 23.2 Å². The molecule has 6 aromatic carbocycles. The Kier molecular flexibility index (Phi) is 23.9. The summed E-state index contributed by atoms with van der Waals surface area (Å²) < 4.78 is 30.9. The smallest absolute Gasteiger partial charge is 0.325 e. The van der Waals surface area contributed by atoms with Crippen LogP contribution in [-0.4, -0.2) is 175 Å². The van der Waals surface area contributed by atoms with Crippen LogP contribution in [0.25, 0.3) is 11.1 Å². The van der Waals surface area contributed by atoms with E-state index in [0.29, 0.717) is 17.6 Å². The molecule has 22 N–H and O–H groups in total. The van der Waals surface area contributed by atoms with Gasteiger partial charge in [0.05, 0.1) is 22.5 Å². The number of phenols is 3. The molecule has 14 atom stereocenters. The molecular formula is C77H86Cl2N12O22. The lowest BCUT2D eigenvalue weighted by Crippen LogP contribution is -2.60. The standard InChI is InChI=1S/C77H86Cl2N12O22/c1-30(2)14-46(82-3)69(101)90-61-63(96)34-5-12-50(44(78)21-34)110-52-23-38-24-53(68(52)113-76-67(100)66(99)65(98)54(28-80)112-76)111-51-13-6-35(22-45(51)79)64(97)62-75(107)89-60(73(105)86-57-36-16-31-15-32(18-36)19-37(57)17-31)43-25-40(92)26-49(94)56(43)42-20-33(4-11-48(42)93)58(71(103)91-62)88-72(104)59(38)87-70(102)47(84-74(61)106)27-55(95)85-77(108)83-39-7-9-41(10-8-39)109-29-81/h4-13,20-26,30-32,36-37,46-47,54,57-67,76,82,92-94,96-100H,14-19,27-29,80-81H2,1-3H3,(H,84,106)(H,86,105)(H,87,102)(H,88,104)(H,89,107)(H,90,101)(H,91,103)(H2,83,85,95,108)/t31?,32?,36?,37?,46-,47+,54-,57?,58-,59-,60+,61-,62+,63-,64-,65-,66+,67-,76+/m1/s1. The molecule has 0 aromatic heterocycles. The molecular weight excluding hydrogens is 1520 g/mol. The van der Waals surface area contributed by atoms with Gasteiger partial charge < -0.3 is 118 Å². The molecule has 600 valence electrons. The maximum atomic E-state index is 16.4. The summed E-state index contributed by atoms with van der Waals surface area (Å²) in [5.74, 6) is -13.2. The largest absolute Gasteiger partial charge is 0.508 e. The molecule has 0 spiro atoms. The molecule has 4 aliphatic carbocycles. The number of urea groups is 1. The third-order valence-corrected chi connectivity index (χ3v) is 22.2. The molecule has 10 aliphatic rings. The molecule has 6 heterocycles. The Bertz CT molecular complexity index is 4680. The molecule has 6 aromatic rings. The lowest BCUT2D eigenvalue weighted by molar-refractivity contribution is -0.270. The molecule has 4 saturated carbocycles. The van der Waals surface area contributed by atoms with Crippen molar-refractivity contribution in [3.63, 3.8) is 0 Å². The van der Waals surface area contributed by atoms with Crippen LogP contribution in [0.4, 0.5) is 10.5 Å². The fraction of sp³-hybridized carbons (Fsp3) is 0.416. The van der Waals surface area contributed by atoms with E-state index in [1.54, 1.807) is 0 Å².